The number of pyridine rings is 1. The minimum atomic E-state index is 0.988. The van der Waals surface area contributed by atoms with E-state index in [-0.39, 0.29) is 0 Å². The highest BCUT2D eigenvalue weighted by Crippen LogP contribution is 2.22. The van der Waals surface area contributed by atoms with E-state index in [1.54, 1.807) is 12.5 Å². The molecule has 0 bridgehead atoms. The lowest BCUT2D eigenvalue weighted by Gasteiger charge is -2.06. The summed E-state index contributed by atoms with van der Waals surface area (Å²) >= 11 is 0. The molecule has 2 heterocycles. The number of nitrogens with zero attached hydrogens (tertiary/aromatic N) is 3. The number of benzene rings is 2. The molecule has 0 saturated heterocycles. The standard InChI is InChI=1S/C18H13N3/c1-2-4-14(5-3-1)17-9-7-15-6-8-16(12-18(15)20-17)21-11-10-19-13-21/h1-13H. The molecule has 100 valence electrons. The summed E-state index contributed by atoms with van der Waals surface area (Å²) in [5.41, 5.74) is 4.18. The topological polar surface area (TPSA) is 30.7 Å². The van der Waals surface area contributed by atoms with Crippen LogP contribution in [0.25, 0.3) is 27.8 Å². The second-order valence-electron chi connectivity index (χ2n) is 4.91. The van der Waals surface area contributed by atoms with Crippen LogP contribution in [0, 0.1) is 0 Å². The van der Waals surface area contributed by atoms with Crippen molar-refractivity contribution in [2.75, 3.05) is 0 Å². The lowest BCUT2D eigenvalue weighted by molar-refractivity contribution is 1.06. The second-order valence-corrected chi connectivity index (χ2v) is 4.91. The first kappa shape index (κ1) is 11.9. The van der Waals surface area contributed by atoms with Crippen LogP contribution < -0.4 is 0 Å². The first-order valence-electron chi connectivity index (χ1n) is 6.85. The average molecular weight is 271 g/mol. The summed E-state index contributed by atoms with van der Waals surface area (Å²) in [4.78, 5) is 8.87. The Hall–Kier alpha value is -2.94. The largest absolute Gasteiger partial charge is 0.306 e. The van der Waals surface area contributed by atoms with Gasteiger partial charge >= 0.3 is 0 Å². The third-order valence-electron chi connectivity index (χ3n) is 3.55. The summed E-state index contributed by atoms with van der Waals surface area (Å²) in [5.74, 6) is 0. The minimum absolute atomic E-state index is 0.988. The van der Waals surface area contributed by atoms with Crippen molar-refractivity contribution in [3.8, 4) is 16.9 Å². The van der Waals surface area contributed by atoms with Crippen molar-refractivity contribution in [1.82, 2.24) is 14.5 Å². The molecule has 0 unspecified atom stereocenters. The molecule has 0 aliphatic heterocycles. The summed E-state index contributed by atoms with van der Waals surface area (Å²) in [6.07, 6.45) is 5.50. The molecule has 3 nitrogen and oxygen atoms in total. The molecule has 0 aliphatic rings. The number of fused-ring (bicyclic) bond motifs is 1. The van der Waals surface area contributed by atoms with Crippen LogP contribution in [0.5, 0.6) is 0 Å². The maximum atomic E-state index is 4.78. The predicted octanol–water partition coefficient (Wildman–Crippen LogP) is 4.09. The fourth-order valence-electron chi connectivity index (χ4n) is 2.45. The summed E-state index contributed by atoms with van der Waals surface area (Å²) in [5, 5.41) is 1.14. The van der Waals surface area contributed by atoms with E-state index in [0.29, 0.717) is 0 Å². The maximum Gasteiger partial charge on any atom is 0.0991 e. The number of imidazole rings is 1. The van der Waals surface area contributed by atoms with Gasteiger partial charge in [-0.3, -0.25) is 0 Å². The van der Waals surface area contributed by atoms with E-state index in [1.807, 2.05) is 29.0 Å². The van der Waals surface area contributed by atoms with Crippen LogP contribution in [0.1, 0.15) is 0 Å². The SMILES string of the molecule is c1ccc(-c2ccc3ccc(-n4ccnc4)cc3n2)cc1. The molecular weight excluding hydrogens is 258 g/mol. The van der Waals surface area contributed by atoms with Crippen LogP contribution in [-0.2, 0) is 0 Å². The third-order valence-corrected chi connectivity index (χ3v) is 3.55. The van der Waals surface area contributed by atoms with Crippen LogP contribution in [0.15, 0.2) is 79.4 Å². The van der Waals surface area contributed by atoms with Gasteiger partial charge in [-0.15, -0.1) is 0 Å². The fraction of sp³-hybridized carbons (Fsp3) is 0. The van der Waals surface area contributed by atoms with E-state index in [0.717, 1.165) is 27.8 Å². The Morgan fingerprint density at radius 3 is 2.52 bits per heavy atom. The van der Waals surface area contributed by atoms with Crippen LogP contribution >= 0.6 is 0 Å². The van der Waals surface area contributed by atoms with Crippen LogP contribution in [0.4, 0.5) is 0 Å². The van der Waals surface area contributed by atoms with Gasteiger partial charge < -0.3 is 4.57 Å². The number of aromatic nitrogens is 3. The Bertz CT molecular complexity index is 881. The van der Waals surface area contributed by atoms with Crippen LogP contribution in [-0.4, -0.2) is 14.5 Å². The molecule has 0 radical (unpaired) electrons. The van der Waals surface area contributed by atoms with E-state index >= 15 is 0 Å². The molecule has 2 aromatic carbocycles. The quantitative estimate of drug-likeness (QED) is 0.550. The van der Waals surface area contributed by atoms with Crippen molar-refractivity contribution >= 4 is 10.9 Å². The Balaban J connectivity index is 1.86. The normalized spacial score (nSPS) is 10.9. The number of hydrogen-bond donors (Lipinski definition) is 0. The Morgan fingerprint density at radius 1 is 0.857 bits per heavy atom. The van der Waals surface area contributed by atoms with E-state index in [9.17, 15) is 0 Å². The Labute approximate surface area is 122 Å². The zero-order chi connectivity index (χ0) is 14.1. The van der Waals surface area contributed by atoms with Crippen molar-refractivity contribution in [3.63, 3.8) is 0 Å². The van der Waals surface area contributed by atoms with Gasteiger partial charge in [0, 0.05) is 29.0 Å². The summed E-state index contributed by atoms with van der Waals surface area (Å²) in [6.45, 7) is 0. The first-order valence-corrected chi connectivity index (χ1v) is 6.85. The van der Waals surface area contributed by atoms with Gasteiger partial charge in [-0.2, -0.15) is 0 Å². The van der Waals surface area contributed by atoms with Crippen LogP contribution in [0.3, 0.4) is 0 Å². The Kier molecular flexibility index (Phi) is 2.75. The molecule has 3 heteroatoms. The summed E-state index contributed by atoms with van der Waals surface area (Å²) < 4.78 is 1.98. The molecule has 0 atom stereocenters. The molecule has 4 rings (SSSR count). The minimum Gasteiger partial charge on any atom is -0.306 e. The molecule has 21 heavy (non-hydrogen) atoms. The van der Waals surface area contributed by atoms with Gasteiger partial charge in [0.05, 0.1) is 17.5 Å². The van der Waals surface area contributed by atoms with Crippen molar-refractivity contribution in [2.24, 2.45) is 0 Å². The predicted molar refractivity (Wildman–Crippen MR) is 84.3 cm³/mol. The van der Waals surface area contributed by atoms with E-state index in [1.165, 1.54) is 0 Å². The van der Waals surface area contributed by atoms with Crippen LogP contribution in [0.2, 0.25) is 0 Å². The highest BCUT2D eigenvalue weighted by atomic mass is 15.0. The Morgan fingerprint density at radius 2 is 1.71 bits per heavy atom. The van der Waals surface area contributed by atoms with E-state index in [2.05, 4.69) is 47.4 Å². The van der Waals surface area contributed by atoms with Gasteiger partial charge in [-0.1, -0.05) is 42.5 Å². The molecule has 2 aromatic heterocycles. The van der Waals surface area contributed by atoms with Gasteiger partial charge in [0.25, 0.3) is 0 Å². The summed E-state index contributed by atoms with van der Waals surface area (Å²) in [6, 6.07) is 20.7. The van der Waals surface area contributed by atoms with Gasteiger partial charge in [0.15, 0.2) is 0 Å². The zero-order valence-electron chi connectivity index (χ0n) is 11.3. The van der Waals surface area contributed by atoms with Crippen molar-refractivity contribution in [1.29, 1.82) is 0 Å². The number of rotatable bonds is 2. The average Bonchev–Trinajstić information content (AvgIpc) is 3.09. The van der Waals surface area contributed by atoms with Crippen molar-refractivity contribution in [3.05, 3.63) is 79.4 Å². The first-order chi connectivity index (χ1) is 10.4. The molecular formula is C18H13N3. The lowest BCUT2D eigenvalue weighted by atomic mass is 10.1. The highest BCUT2D eigenvalue weighted by Gasteiger charge is 2.03. The van der Waals surface area contributed by atoms with Crippen molar-refractivity contribution < 1.29 is 0 Å². The van der Waals surface area contributed by atoms with E-state index < -0.39 is 0 Å². The van der Waals surface area contributed by atoms with E-state index in [4.69, 9.17) is 4.98 Å². The van der Waals surface area contributed by atoms with Gasteiger partial charge in [-0.05, 0) is 18.2 Å². The van der Waals surface area contributed by atoms with Gasteiger partial charge in [-0.25, -0.2) is 9.97 Å². The summed E-state index contributed by atoms with van der Waals surface area (Å²) in [7, 11) is 0. The molecule has 0 amide bonds. The van der Waals surface area contributed by atoms with Crippen molar-refractivity contribution in [2.45, 2.75) is 0 Å². The molecule has 0 aliphatic carbocycles. The molecule has 0 fully saturated rings. The van der Waals surface area contributed by atoms with Gasteiger partial charge in [0.1, 0.15) is 0 Å². The third kappa shape index (κ3) is 2.19. The lowest BCUT2D eigenvalue weighted by Crippen LogP contribution is -1.91. The monoisotopic (exact) mass is 271 g/mol. The molecule has 4 aromatic rings. The highest BCUT2D eigenvalue weighted by molar-refractivity contribution is 5.83. The maximum absolute atomic E-state index is 4.78. The number of hydrogen-bond acceptors (Lipinski definition) is 2. The smallest absolute Gasteiger partial charge is 0.0991 e. The van der Waals surface area contributed by atoms with Gasteiger partial charge in [0.2, 0.25) is 0 Å². The second kappa shape index (κ2) is 4.87. The molecule has 0 N–H and O–H groups in total. The fourth-order valence-corrected chi connectivity index (χ4v) is 2.45. The zero-order valence-corrected chi connectivity index (χ0v) is 11.3. The molecule has 0 spiro atoms. The molecule has 0 saturated carbocycles.